The van der Waals surface area contributed by atoms with Crippen molar-refractivity contribution >= 4 is 45.6 Å². The molecule has 0 heterocycles. The van der Waals surface area contributed by atoms with Crippen molar-refractivity contribution < 1.29 is 13.2 Å². The van der Waals surface area contributed by atoms with Gasteiger partial charge in [0.2, 0.25) is 10.0 Å². The molecular formula is C14H25IN4O3S. The van der Waals surface area contributed by atoms with Crippen LogP contribution in [0.3, 0.4) is 0 Å². The lowest BCUT2D eigenvalue weighted by Gasteiger charge is -2.15. The Labute approximate surface area is 155 Å². The second kappa shape index (κ2) is 10.7. The van der Waals surface area contributed by atoms with E-state index in [9.17, 15) is 8.42 Å². The van der Waals surface area contributed by atoms with Crippen LogP contribution in [0.15, 0.2) is 29.3 Å². The first-order valence-corrected chi connectivity index (χ1v) is 8.65. The maximum Gasteiger partial charge on any atom is 0.213 e. The minimum absolute atomic E-state index is 0. The van der Waals surface area contributed by atoms with Crippen LogP contribution in [-0.4, -0.2) is 51.7 Å². The SMILES string of the molecule is CCS(=O)(=O)N(C)CCCN=C(N)Nc1ccccc1OC.I. The van der Waals surface area contributed by atoms with Gasteiger partial charge in [0.05, 0.1) is 18.6 Å². The van der Waals surface area contributed by atoms with E-state index in [0.29, 0.717) is 25.3 Å². The molecule has 132 valence electrons. The Bertz CT molecular complexity index is 608. The van der Waals surface area contributed by atoms with E-state index in [1.54, 1.807) is 21.1 Å². The minimum atomic E-state index is -3.14. The fourth-order valence-corrected chi connectivity index (χ4v) is 2.63. The van der Waals surface area contributed by atoms with Gasteiger partial charge in [-0.25, -0.2) is 12.7 Å². The van der Waals surface area contributed by atoms with Crippen molar-refractivity contribution in [2.45, 2.75) is 13.3 Å². The Morgan fingerprint density at radius 1 is 1.39 bits per heavy atom. The molecule has 0 radical (unpaired) electrons. The number of nitrogens with zero attached hydrogens (tertiary/aromatic N) is 2. The van der Waals surface area contributed by atoms with Gasteiger partial charge in [0.15, 0.2) is 5.96 Å². The van der Waals surface area contributed by atoms with E-state index in [4.69, 9.17) is 10.5 Å². The quantitative estimate of drug-likeness (QED) is 0.269. The number of ether oxygens (including phenoxy) is 1. The van der Waals surface area contributed by atoms with Crippen molar-refractivity contribution in [2.24, 2.45) is 10.7 Å². The summed E-state index contributed by atoms with van der Waals surface area (Å²) in [6.45, 7) is 2.48. The number of halogens is 1. The first-order chi connectivity index (χ1) is 10.4. The van der Waals surface area contributed by atoms with Crippen LogP contribution < -0.4 is 15.8 Å². The Morgan fingerprint density at radius 3 is 2.65 bits per heavy atom. The molecule has 0 aliphatic carbocycles. The third kappa shape index (κ3) is 7.36. The van der Waals surface area contributed by atoms with Gasteiger partial charge in [0.1, 0.15) is 5.75 Å². The number of nitrogens with two attached hydrogens (primary N) is 1. The van der Waals surface area contributed by atoms with E-state index in [-0.39, 0.29) is 35.7 Å². The molecule has 7 nitrogen and oxygen atoms in total. The predicted molar refractivity (Wildman–Crippen MR) is 105 cm³/mol. The highest BCUT2D eigenvalue weighted by Gasteiger charge is 2.13. The average molecular weight is 456 g/mol. The monoisotopic (exact) mass is 456 g/mol. The lowest BCUT2D eigenvalue weighted by Crippen LogP contribution is -2.30. The van der Waals surface area contributed by atoms with Crippen LogP contribution in [0.2, 0.25) is 0 Å². The lowest BCUT2D eigenvalue weighted by molar-refractivity contribution is 0.417. The van der Waals surface area contributed by atoms with Crippen molar-refractivity contribution in [3.8, 4) is 5.75 Å². The molecule has 0 bridgehead atoms. The third-order valence-corrected chi connectivity index (χ3v) is 4.98. The maximum atomic E-state index is 11.6. The van der Waals surface area contributed by atoms with E-state index in [0.717, 1.165) is 5.69 Å². The molecule has 9 heteroatoms. The van der Waals surface area contributed by atoms with Crippen LogP contribution in [0.25, 0.3) is 0 Å². The Balaban J connectivity index is 0.00000484. The highest BCUT2D eigenvalue weighted by Crippen LogP contribution is 2.22. The van der Waals surface area contributed by atoms with Gasteiger partial charge in [-0.2, -0.15) is 0 Å². The summed E-state index contributed by atoms with van der Waals surface area (Å²) in [6.07, 6.45) is 0.601. The number of anilines is 1. The van der Waals surface area contributed by atoms with Crippen molar-refractivity contribution in [1.29, 1.82) is 0 Å². The molecule has 3 N–H and O–H groups in total. The van der Waals surface area contributed by atoms with Gasteiger partial charge >= 0.3 is 0 Å². The van der Waals surface area contributed by atoms with E-state index in [2.05, 4.69) is 10.3 Å². The number of hydrogen-bond donors (Lipinski definition) is 2. The molecule has 0 unspecified atom stereocenters. The Morgan fingerprint density at radius 2 is 2.04 bits per heavy atom. The number of methoxy groups -OCH3 is 1. The average Bonchev–Trinajstić information content (AvgIpc) is 2.51. The van der Waals surface area contributed by atoms with Gasteiger partial charge < -0.3 is 15.8 Å². The number of rotatable bonds is 8. The molecule has 0 atom stereocenters. The smallest absolute Gasteiger partial charge is 0.213 e. The molecule has 1 rings (SSSR count). The topological polar surface area (TPSA) is 97.0 Å². The maximum absolute atomic E-state index is 11.6. The molecular weight excluding hydrogens is 431 g/mol. The number of para-hydroxylation sites is 2. The number of nitrogens with one attached hydrogen (secondary N) is 1. The highest BCUT2D eigenvalue weighted by molar-refractivity contribution is 14.0. The van der Waals surface area contributed by atoms with Crippen LogP contribution in [-0.2, 0) is 10.0 Å². The van der Waals surface area contributed by atoms with Crippen LogP contribution in [0.4, 0.5) is 5.69 Å². The van der Waals surface area contributed by atoms with Gasteiger partial charge in [-0.3, -0.25) is 4.99 Å². The van der Waals surface area contributed by atoms with E-state index < -0.39 is 10.0 Å². The van der Waals surface area contributed by atoms with E-state index >= 15 is 0 Å². The van der Waals surface area contributed by atoms with Crippen molar-refractivity contribution in [3.05, 3.63) is 24.3 Å². The fraction of sp³-hybridized carbons (Fsp3) is 0.500. The van der Waals surface area contributed by atoms with Gasteiger partial charge in [-0.1, -0.05) is 12.1 Å². The molecule has 0 aromatic heterocycles. The summed E-state index contributed by atoms with van der Waals surface area (Å²) in [6, 6.07) is 7.38. The third-order valence-electron chi connectivity index (χ3n) is 3.12. The Kier molecular flexibility index (Phi) is 10.2. The predicted octanol–water partition coefficient (Wildman–Crippen LogP) is 1.71. The molecule has 0 fully saturated rings. The van der Waals surface area contributed by atoms with Crippen molar-refractivity contribution in [1.82, 2.24) is 4.31 Å². The molecule has 0 saturated heterocycles. The van der Waals surface area contributed by atoms with Gasteiger partial charge in [-0.15, -0.1) is 24.0 Å². The summed E-state index contributed by atoms with van der Waals surface area (Å²) in [4.78, 5) is 4.18. The van der Waals surface area contributed by atoms with Crippen LogP contribution >= 0.6 is 24.0 Å². The van der Waals surface area contributed by atoms with Gasteiger partial charge in [0.25, 0.3) is 0 Å². The minimum Gasteiger partial charge on any atom is -0.495 e. The molecule has 0 aliphatic heterocycles. The lowest BCUT2D eigenvalue weighted by atomic mass is 10.3. The number of benzene rings is 1. The number of guanidine groups is 1. The summed E-state index contributed by atoms with van der Waals surface area (Å²) in [5.74, 6) is 1.05. The van der Waals surface area contributed by atoms with Gasteiger partial charge in [0, 0.05) is 20.1 Å². The largest absolute Gasteiger partial charge is 0.495 e. The highest BCUT2D eigenvalue weighted by atomic mass is 127. The number of hydrogen-bond acceptors (Lipinski definition) is 4. The summed E-state index contributed by atoms with van der Waals surface area (Å²) < 4.78 is 29.7. The zero-order valence-electron chi connectivity index (χ0n) is 13.7. The molecule has 1 aromatic carbocycles. The fourth-order valence-electron chi connectivity index (χ4n) is 1.78. The van der Waals surface area contributed by atoms with Crippen LogP contribution in [0.1, 0.15) is 13.3 Å². The molecule has 23 heavy (non-hydrogen) atoms. The summed E-state index contributed by atoms with van der Waals surface area (Å²) in [5.41, 5.74) is 6.54. The number of aliphatic imine (C=N–C) groups is 1. The molecule has 0 amide bonds. The summed E-state index contributed by atoms with van der Waals surface area (Å²) in [5, 5.41) is 2.96. The van der Waals surface area contributed by atoms with Crippen molar-refractivity contribution in [3.63, 3.8) is 0 Å². The van der Waals surface area contributed by atoms with E-state index in [1.807, 2.05) is 24.3 Å². The van der Waals surface area contributed by atoms with Gasteiger partial charge in [-0.05, 0) is 25.5 Å². The zero-order chi connectivity index (χ0) is 16.6. The van der Waals surface area contributed by atoms with Crippen LogP contribution in [0.5, 0.6) is 5.75 Å². The second-order valence-electron chi connectivity index (χ2n) is 4.67. The standard InChI is InChI=1S/C14H24N4O3S.HI/c1-4-22(19,20)18(2)11-7-10-16-14(15)17-12-8-5-6-9-13(12)21-3;/h5-6,8-9H,4,7,10-11H2,1-3H3,(H3,15,16,17);1H. The normalized spacial score (nSPS) is 11.9. The first kappa shape index (κ1) is 21.9. The molecule has 0 saturated carbocycles. The van der Waals surface area contributed by atoms with Crippen LogP contribution in [0, 0.1) is 0 Å². The molecule has 0 spiro atoms. The van der Waals surface area contributed by atoms with Crippen molar-refractivity contribution in [2.75, 3.05) is 38.3 Å². The van der Waals surface area contributed by atoms with E-state index in [1.165, 1.54) is 4.31 Å². The molecule has 0 aliphatic rings. The summed E-state index contributed by atoms with van der Waals surface area (Å²) >= 11 is 0. The molecule has 1 aromatic rings. The first-order valence-electron chi connectivity index (χ1n) is 7.04. The summed E-state index contributed by atoms with van der Waals surface area (Å²) in [7, 11) is 0.0146. The second-order valence-corrected chi connectivity index (χ2v) is 7.03. The Hall–Kier alpha value is -1.07. The zero-order valence-corrected chi connectivity index (χ0v) is 16.8. The number of sulfonamides is 1.